The van der Waals surface area contributed by atoms with Crippen LogP contribution in [0.5, 0.6) is 0 Å². The maximum absolute atomic E-state index is 12.5. The summed E-state index contributed by atoms with van der Waals surface area (Å²) in [5, 5.41) is 3.04. The topological polar surface area (TPSA) is 59.3 Å². The van der Waals surface area contributed by atoms with Gasteiger partial charge in [-0.1, -0.05) is 41.9 Å². The molecule has 1 amide bonds. The van der Waals surface area contributed by atoms with Crippen molar-refractivity contribution in [3.05, 3.63) is 81.5 Å². The van der Waals surface area contributed by atoms with Crippen molar-refractivity contribution in [1.29, 1.82) is 0 Å². The van der Waals surface area contributed by atoms with E-state index in [1.54, 1.807) is 24.3 Å². The van der Waals surface area contributed by atoms with Crippen LogP contribution in [0, 0.1) is 0 Å². The molecule has 5 heteroatoms. The molecule has 0 atom stereocenters. The van der Waals surface area contributed by atoms with E-state index in [1.807, 2.05) is 30.3 Å². The SMILES string of the molecule is CNC(=O)c1c(-c2ccc(Cl)cc2)oc(-c2ccccc2)cc1=O. The Bertz CT molecular complexity index is 931. The zero-order chi connectivity index (χ0) is 17.1. The van der Waals surface area contributed by atoms with E-state index < -0.39 is 11.3 Å². The van der Waals surface area contributed by atoms with E-state index in [0.29, 0.717) is 16.3 Å². The number of halogens is 1. The van der Waals surface area contributed by atoms with Crippen molar-refractivity contribution in [1.82, 2.24) is 5.32 Å². The molecule has 1 aromatic heterocycles. The van der Waals surface area contributed by atoms with Gasteiger partial charge in [-0.05, 0) is 24.3 Å². The number of nitrogens with one attached hydrogen (secondary N) is 1. The van der Waals surface area contributed by atoms with Gasteiger partial charge in [-0.15, -0.1) is 0 Å². The molecule has 0 fully saturated rings. The van der Waals surface area contributed by atoms with Crippen molar-refractivity contribution in [3.8, 4) is 22.6 Å². The summed E-state index contributed by atoms with van der Waals surface area (Å²) in [6.45, 7) is 0. The van der Waals surface area contributed by atoms with Crippen molar-refractivity contribution in [2.24, 2.45) is 0 Å². The fourth-order valence-electron chi connectivity index (χ4n) is 2.38. The van der Waals surface area contributed by atoms with E-state index in [4.69, 9.17) is 16.0 Å². The van der Waals surface area contributed by atoms with E-state index in [1.165, 1.54) is 13.1 Å². The van der Waals surface area contributed by atoms with E-state index in [-0.39, 0.29) is 11.3 Å². The molecule has 1 heterocycles. The first kappa shape index (κ1) is 16.0. The molecule has 24 heavy (non-hydrogen) atoms. The highest BCUT2D eigenvalue weighted by Gasteiger charge is 2.20. The van der Waals surface area contributed by atoms with Gasteiger partial charge in [-0.3, -0.25) is 9.59 Å². The number of amides is 1. The summed E-state index contributed by atoms with van der Waals surface area (Å²) in [4.78, 5) is 24.7. The normalized spacial score (nSPS) is 10.4. The summed E-state index contributed by atoms with van der Waals surface area (Å²) in [6, 6.07) is 17.4. The first-order valence-electron chi connectivity index (χ1n) is 7.31. The van der Waals surface area contributed by atoms with Crippen LogP contribution in [-0.2, 0) is 0 Å². The van der Waals surface area contributed by atoms with Gasteiger partial charge in [0, 0.05) is 29.3 Å². The smallest absolute Gasteiger partial charge is 0.258 e. The summed E-state index contributed by atoms with van der Waals surface area (Å²) in [7, 11) is 1.47. The Balaban J connectivity index is 2.27. The molecule has 2 aromatic carbocycles. The summed E-state index contributed by atoms with van der Waals surface area (Å²) in [5.41, 5.74) is 0.935. The van der Waals surface area contributed by atoms with Crippen molar-refractivity contribution in [2.75, 3.05) is 7.05 Å². The Hall–Kier alpha value is -2.85. The monoisotopic (exact) mass is 339 g/mol. The van der Waals surface area contributed by atoms with Crippen LogP contribution in [0.1, 0.15) is 10.4 Å². The predicted octanol–water partition coefficient (Wildman–Crippen LogP) is 3.99. The second kappa shape index (κ2) is 6.72. The summed E-state index contributed by atoms with van der Waals surface area (Å²) >= 11 is 5.92. The van der Waals surface area contributed by atoms with Gasteiger partial charge in [0.2, 0.25) is 0 Å². The van der Waals surface area contributed by atoms with E-state index in [0.717, 1.165) is 5.56 Å². The van der Waals surface area contributed by atoms with Crippen LogP contribution >= 0.6 is 11.6 Å². The molecule has 0 aliphatic carbocycles. The van der Waals surface area contributed by atoms with Gasteiger partial charge >= 0.3 is 0 Å². The minimum Gasteiger partial charge on any atom is -0.455 e. The molecular formula is C19H14ClNO3. The molecule has 0 radical (unpaired) electrons. The number of carbonyl (C=O) groups excluding carboxylic acids is 1. The zero-order valence-electron chi connectivity index (χ0n) is 12.9. The van der Waals surface area contributed by atoms with Gasteiger partial charge in [0.05, 0.1) is 0 Å². The molecule has 0 bridgehead atoms. The van der Waals surface area contributed by atoms with Crippen LogP contribution < -0.4 is 10.7 Å². The Morgan fingerprint density at radius 2 is 1.67 bits per heavy atom. The Labute approximate surface area is 143 Å². The quantitative estimate of drug-likeness (QED) is 0.785. The maximum atomic E-state index is 12.5. The average Bonchev–Trinajstić information content (AvgIpc) is 2.62. The molecule has 3 rings (SSSR count). The maximum Gasteiger partial charge on any atom is 0.258 e. The van der Waals surface area contributed by atoms with Crippen LogP contribution in [0.2, 0.25) is 5.02 Å². The van der Waals surface area contributed by atoms with Gasteiger partial charge in [-0.25, -0.2) is 0 Å². The molecular weight excluding hydrogens is 326 g/mol. The van der Waals surface area contributed by atoms with Crippen molar-refractivity contribution >= 4 is 17.5 Å². The Morgan fingerprint density at radius 3 is 2.29 bits per heavy atom. The fourth-order valence-corrected chi connectivity index (χ4v) is 2.51. The van der Waals surface area contributed by atoms with Crippen LogP contribution in [0.25, 0.3) is 22.6 Å². The van der Waals surface area contributed by atoms with Crippen LogP contribution in [0.3, 0.4) is 0 Å². The number of rotatable bonds is 3. The summed E-state index contributed by atoms with van der Waals surface area (Å²) in [5.74, 6) is 0.129. The first-order chi connectivity index (χ1) is 11.6. The molecule has 0 unspecified atom stereocenters. The molecule has 1 N–H and O–H groups in total. The first-order valence-corrected chi connectivity index (χ1v) is 7.69. The third kappa shape index (κ3) is 3.09. The number of hydrogen-bond donors (Lipinski definition) is 1. The average molecular weight is 340 g/mol. The predicted molar refractivity (Wildman–Crippen MR) is 94.3 cm³/mol. The molecule has 0 saturated heterocycles. The molecule has 3 aromatic rings. The molecule has 120 valence electrons. The minimum absolute atomic E-state index is 0.0282. The van der Waals surface area contributed by atoms with Crippen LogP contribution in [0.4, 0.5) is 0 Å². The highest BCUT2D eigenvalue weighted by molar-refractivity contribution is 6.30. The molecule has 0 spiro atoms. The zero-order valence-corrected chi connectivity index (χ0v) is 13.6. The van der Waals surface area contributed by atoms with Gasteiger partial charge in [0.25, 0.3) is 5.91 Å². The standard InChI is InChI=1S/C19H14ClNO3/c1-21-19(23)17-15(22)11-16(12-5-3-2-4-6-12)24-18(17)13-7-9-14(20)10-8-13/h2-11H,1H3,(H,21,23). The highest BCUT2D eigenvalue weighted by atomic mass is 35.5. The molecule has 0 aliphatic rings. The highest BCUT2D eigenvalue weighted by Crippen LogP contribution is 2.28. The van der Waals surface area contributed by atoms with E-state index >= 15 is 0 Å². The van der Waals surface area contributed by atoms with Gasteiger partial charge in [-0.2, -0.15) is 0 Å². The third-order valence-electron chi connectivity index (χ3n) is 3.57. The van der Waals surface area contributed by atoms with E-state index in [9.17, 15) is 9.59 Å². The lowest BCUT2D eigenvalue weighted by Crippen LogP contribution is -2.26. The number of carbonyl (C=O) groups is 1. The Morgan fingerprint density at radius 1 is 1.00 bits per heavy atom. The molecule has 0 aliphatic heterocycles. The van der Waals surface area contributed by atoms with Crippen LogP contribution in [0.15, 0.2) is 69.9 Å². The van der Waals surface area contributed by atoms with Crippen LogP contribution in [-0.4, -0.2) is 13.0 Å². The fraction of sp³-hybridized carbons (Fsp3) is 0.0526. The minimum atomic E-state index is -0.492. The van der Waals surface area contributed by atoms with Gasteiger partial charge in [0.1, 0.15) is 11.3 Å². The second-order valence-corrected chi connectivity index (χ2v) is 5.57. The van der Waals surface area contributed by atoms with Gasteiger partial charge in [0.15, 0.2) is 11.2 Å². The lowest BCUT2D eigenvalue weighted by atomic mass is 10.0. The lowest BCUT2D eigenvalue weighted by Gasteiger charge is -2.10. The van der Waals surface area contributed by atoms with Gasteiger partial charge < -0.3 is 9.73 Å². The largest absolute Gasteiger partial charge is 0.455 e. The third-order valence-corrected chi connectivity index (χ3v) is 3.82. The molecule has 0 saturated carbocycles. The lowest BCUT2D eigenvalue weighted by molar-refractivity contribution is 0.0961. The van der Waals surface area contributed by atoms with Crippen molar-refractivity contribution in [2.45, 2.75) is 0 Å². The number of hydrogen-bond acceptors (Lipinski definition) is 3. The Kier molecular flexibility index (Phi) is 4.49. The van der Waals surface area contributed by atoms with Crippen molar-refractivity contribution < 1.29 is 9.21 Å². The number of benzene rings is 2. The molecule has 4 nitrogen and oxygen atoms in total. The van der Waals surface area contributed by atoms with Crippen molar-refractivity contribution in [3.63, 3.8) is 0 Å². The summed E-state index contributed by atoms with van der Waals surface area (Å²) < 4.78 is 5.92. The summed E-state index contributed by atoms with van der Waals surface area (Å²) in [6.07, 6.45) is 0. The second-order valence-electron chi connectivity index (χ2n) is 5.13. The van der Waals surface area contributed by atoms with E-state index in [2.05, 4.69) is 5.32 Å².